The molecule has 19 nitrogen and oxygen atoms in total. The summed E-state index contributed by atoms with van der Waals surface area (Å²) >= 11 is 0. The highest BCUT2D eigenvalue weighted by molar-refractivity contribution is 7.85. The van der Waals surface area contributed by atoms with Crippen LogP contribution in [0.2, 0.25) is 0 Å². The van der Waals surface area contributed by atoms with Crippen LogP contribution in [0.25, 0.3) is 0 Å². The van der Waals surface area contributed by atoms with Gasteiger partial charge in [-0.15, -0.1) is 12.4 Å². The monoisotopic (exact) mass is 1770 g/mol. The maximum Gasteiger partial charge on any atom is 0.394 e. The molecular formula is C98H137ClF3N3O16S2. The first-order valence-electron chi connectivity index (χ1n) is 44.4. The van der Waals surface area contributed by atoms with Crippen molar-refractivity contribution >= 4 is 32.9 Å². The van der Waals surface area contributed by atoms with Gasteiger partial charge in [0.2, 0.25) is 20.4 Å². The van der Waals surface area contributed by atoms with E-state index >= 15 is 0 Å². The van der Waals surface area contributed by atoms with Gasteiger partial charge in [0.05, 0.1) is 26.1 Å². The quantitative estimate of drug-likeness (QED) is 0.0621. The molecule has 9 N–H and O–H groups in total. The first-order chi connectivity index (χ1) is 57.1. The van der Waals surface area contributed by atoms with Gasteiger partial charge in [-0.3, -0.25) is 13.7 Å². The fraction of sp³-hybridized carbons (Fsp3) is 0.633. The molecule has 9 unspecified atom stereocenters. The lowest BCUT2D eigenvalue weighted by Crippen LogP contribution is -2.62. The second kappa shape index (κ2) is 38.7. The maximum atomic E-state index is 13.2. The van der Waals surface area contributed by atoms with Crippen LogP contribution in [-0.2, 0) is 20.5 Å². The lowest BCUT2D eigenvalue weighted by atomic mass is 9.43. The summed E-state index contributed by atoms with van der Waals surface area (Å²) < 4.78 is 147. The lowest BCUT2D eigenvalue weighted by Gasteiger charge is -2.64. The van der Waals surface area contributed by atoms with Gasteiger partial charge < -0.3 is 59.8 Å². The molecule has 12 atom stereocenters. The van der Waals surface area contributed by atoms with E-state index in [1.807, 2.05) is 91.0 Å². The Morgan fingerprint density at radius 1 is 0.350 bits per heavy atom. The van der Waals surface area contributed by atoms with E-state index < -0.39 is 20.5 Å². The van der Waals surface area contributed by atoms with Crippen LogP contribution in [0.3, 0.4) is 0 Å². The summed E-state index contributed by atoms with van der Waals surface area (Å²) in [5, 5.41) is 0. The zero-order valence-corrected chi connectivity index (χ0v) is 75.0. The number of hydrogen-bond donors (Lipinski definition) is 6. The highest BCUT2D eigenvalue weighted by atomic mass is 35.5. The van der Waals surface area contributed by atoms with Crippen LogP contribution < -0.4 is 59.8 Å². The Balaban J connectivity index is 0.000000133. The van der Waals surface area contributed by atoms with E-state index in [4.69, 9.17) is 81.9 Å². The molecule has 0 saturated heterocycles. The van der Waals surface area contributed by atoms with Gasteiger partial charge in [0.25, 0.3) is 10.1 Å². The van der Waals surface area contributed by atoms with Gasteiger partial charge in [0.15, 0.2) is 34.5 Å². The molecule has 15 fully saturated rings. The Kier molecular flexibility index (Phi) is 30.0. The second-order valence-electron chi connectivity index (χ2n) is 41.7. The molecule has 0 amide bonds. The molecule has 24 rings (SSSR count). The molecule has 6 aromatic rings. The minimum absolute atomic E-state index is 0. The summed E-state index contributed by atoms with van der Waals surface area (Å²) in [4.78, 5) is 0. The molecule has 3 aliphatic heterocycles. The van der Waals surface area contributed by atoms with Crippen molar-refractivity contribution in [2.75, 3.05) is 46.5 Å². The molecule has 25 heteroatoms. The van der Waals surface area contributed by atoms with Gasteiger partial charge in [-0.05, 0) is 329 Å². The van der Waals surface area contributed by atoms with Gasteiger partial charge in [0, 0.05) is 34.8 Å². The Morgan fingerprint density at radius 2 is 0.561 bits per heavy atom. The SMILES string of the molecule is C.CC12CC3CC(C)(C1)CC(N)(C3)C2.CC12CC3CC(C)(C1)CC(N)(C3)C2.CC12CC3CC(C)(C1)CC(N)(C3)C2.CS(=O)(=O)O.Cl.Fc1ccc(C2CCCC[C@H]2COc2ccc3c(c2)OCO3)cc1.Fc1ccc(C2CCCC[C@H]2COc2ccc3c(c2)OCO3)cc1.Fc1ccc(C2CCCC[C@H]2COc2ccc3c(c2)OCO3)cc1.O=S(=O)(O)O. The smallest absolute Gasteiger partial charge is 0.394 e. The van der Waals surface area contributed by atoms with Crippen molar-refractivity contribution in [3.05, 3.63) is 162 Å². The molecule has 123 heavy (non-hydrogen) atoms. The van der Waals surface area contributed by atoms with Crippen LogP contribution in [0, 0.1) is 85.4 Å². The third-order valence-corrected chi connectivity index (χ3v) is 29.1. The zero-order chi connectivity index (χ0) is 86.0. The Bertz CT molecular complexity index is 4140. The molecule has 15 aliphatic carbocycles. The van der Waals surface area contributed by atoms with Crippen LogP contribution >= 0.6 is 12.4 Å². The van der Waals surface area contributed by atoms with E-state index in [1.165, 1.54) is 171 Å². The zero-order valence-electron chi connectivity index (χ0n) is 72.5. The van der Waals surface area contributed by atoms with E-state index in [0.29, 0.717) is 94.1 Å². The topological polar surface area (TPSA) is 290 Å². The molecule has 0 spiro atoms. The van der Waals surface area contributed by atoms with E-state index in [2.05, 4.69) is 41.5 Å². The predicted octanol–water partition coefficient (Wildman–Crippen LogP) is 22.7. The first kappa shape index (κ1) is 95.4. The summed E-state index contributed by atoms with van der Waals surface area (Å²) in [6.07, 6.45) is 39.8. The number of hydrogen-bond acceptors (Lipinski definition) is 16. The van der Waals surface area contributed by atoms with Crippen molar-refractivity contribution < 1.29 is 86.3 Å². The third-order valence-electron chi connectivity index (χ3n) is 29.1. The van der Waals surface area contributed by atoms with Gasteiger partial charge in [0.1, 0.15) is 34.7 Å². The number of fused-ring (bicyclic) bond motifs is 3. The van der Waals surface area contributed by atoms with Crippen molar-refractivity contribution in [2.24, 2.45) is 85.2 Å². The van der Waals surface area contributed by atoms with Gasteiger partial charge in [-0.25, -0.2) is 13.2 Å². The molecule has 680 valence electrons. The number of benzene rings is 6. The van der Waals surface area contributed by atoms with Crippen molar-refractivity contribution in [2.45, 2.75) is 276 Å². The van der Waals surface area contributed by atoms with Gasteiger partial charge >= 0.3 is 10.4 Å². The summed E-state index contributed by atoms with van der Waals surface area (Å²) in [5.74, 6) is 12.0. The molecule has 15 saturated carbocycles. The highest BCUT2D eigenvalue weighted by Gasteiger charge is 2.61. The molecule has 6 aromatic carbocycles. The van der Waals surface area contributed by atoms with E-state index in [1.54, 1.807) is 36.4 Å². The van der Waals surface area contributed by atoms with Gasteiger partial charge in [-0.2, -0.15) is 16.8 Å². The fourth-order valence-corrected chi connectivity index (χ4v) is 27.8. The Labute approximate surface area is 735 Å². The summed E-state index contributed by atoms with van der Waals surface area (Å²) in [7, 11) is -8.33. The Morgan fingerprint density at radius 3 is 0.772 bits per heavy atom. The first-order valence-corrected chi connectivity index (χ1v) is 47.7. The number of ether oxygens (including phenoxy) is 9. The lowest BCUT2D eigenvalue weighted by molar-refractivity contribution is -0.105. The molecule has 3 heterocycles. The molecule has 12 bridgehead atoms. The third kappa shape index (κ3) is 25.8. The Hall–Kier alpha value is -6.74. The summed E-state index contributed by atoms with van der Waals surface area (Å²) in [6.45, 7) is 17.6. The van der Waals surface area contributed by atoms with Crippen LogP contribution in [0.4, 0.5) is 13.2 Å². The van der Waals surface area contributed by atoms with Gasteiger partial charge in [-0.1, -0.05) is 124 Å². The summed E-state index contributed by atoms with van der Waals surface area (Å²) in [5.41, 5.74) is 27.4. The van der Waals surface area contributed by atoms with Crippen molar-refractivity contribution in [1.29, 1.82) is 0 Å². The van der Waals surface area contributed by atoms with Crippen LogP contribution in [-0.4, -0.2) is 93.6 Å². The largest absolute Gasteiger partial charge is 0.493 e. The minimum Gasteiger partial charge on any atom is -0.493 e. The average molecular weight is 1770 g/mol. The fourth-order valence-electron chi connectivity index (χ4n) is 27.8. The van der Waals surface area contributed by atoms with E-state index in [9.17, 15) is 21.6 Å². The van der Waals surface area contributed by atoms with Crippen LogP contribution in [0.1, 0.15) is 276 Å². The number of nitrogens with two attached hydrogens (primary N) is 3. The van der Waals surface area contributed by atoms with Crippen molar-refractivity contribution in [3.8, 4) is 51.7 Å². The second-order valence-corrected chi connectivity index (χ2v) is 44.1. The molecule has 18 aliphatic rings. The predicted molar refractivity (Wildman–Crippen MR) is 476 cm³/mol. The minimum atomic E-state index is -4.67. The molecule has 0 radical (unpaired) electrons. The molecular weight excluding hydrogens is 1630 g/mol. The standard InChI is InChI=1S/3C20H21FO3.3C12H21N.CH4O3S.CH4.ClH.H2O4S/c3*21-16-7-5-14(6-8-16)18-4-2-1-3-15(18)12-22-17-9-10-19-20(11-17)24-13-23-19;3*1-10-3-9-4-11(2,6-10)8-12(13,5-9)7-10;1-5(2,3)4;;;1-5(2,3)4/h3*5-11,15,18H,1-4,12-13H2;3*9H,3-8,13H2,1-2H3;1H3,(H,2,3,4);1H4;1H;(H2,1,2,3,4)/t3*15-,18?;;;;;;;/m000......./s1. The van der Waals surface area contributed by atoms with Crippen molar-refractivity contribution in [1.82, 2.24) is 0 Å². The van der Waals surface area contributed by atoms with E-state index in [0.717, 1.165) is 108 Å². The highest BCUT2D eigenvalue weighted by Crippen LogP contribution is 2.68. The number of rotatable bonds is 12. The van der Waals surface area contributed by atoms with Crippen molar-refractivity contribution in [3.63, 3.8) is 0 Å². The van der Waals surface area contributed by atoms with E-state index in [-0.39, 0.29) is 74.3 Å². The molecule has 0 aromatic heterocycles. The maximum absolute atomic E-state index is 13.2. The van der Waals surface area contributed by atoms with Crippen LogP contribution in [0.15, 0.2) is 127 Å². The average Bonchev–Trinajstić information content (AvgIpc) is 0.975. The normalized spacial score (nSPS) is 34.5. The number of halogens is 4. The van der Waals surface area contributed by atoms with Crippen LogP contribution in [0.5, 0.6) is 51.7 Å². The summed E-state index contributed by atoms with van der Waals surface area (Å²) in [6, 6.07) is 37.9.